The first-order valence-corrected chi connectivity index (χ1v) is 9.22. The summed E-state index contributed by atoms with van der Waals surface area (Å²) >= 11 is 9.19. The fourth-order valence-corrected chi connectivity index (χ4v) is 2.91. The number of benzene rings is 1. The van der Waals surface area contributed by atoms with E-state index in [9.17, 15) is 18.0 Å². The third-order valence-electron chi connectivity index (χ3n) is 3.93. The molecule has 148 valence electrons. The molecule has 0 saturated heterocycles. The molecule has 0 fully saturated rings. The summed E-state index contributed by atoms with van der Waals surface area (Å²) in [6.45, 7) is 1.65. The van der Waals surface area contributed by atoms with Gasteiger partial charge in [-0.1, -0.05) is 27.5 Å². The molecule has 28 heavy (non-hydrogen) atoms. The number of hydrogen-bond donors (Lipinski definition) is 2. The number of amides is 1. The number of pyridine rings is 1. The lowest BCUT2D eigenvalue weighted by atomic mass is 10.2. The van der Waals surface area contributed by atoms with Crippen molar-refractivity contribution < 1.29 is 18.0 Å². The van der Waals surface area contributed by atoms with E-state index in [4.69, 9.17) is 11.6 Å². The summed E-state index contributed by atoms with van der Waals surface area (Å²) < 4.78 is 41.0. The van der Waals surface area contributed by atoms with Crippen molar-refractivity contribution in [3.63, 3.8) is 0 Å². The number of fused-ring (bicyclic) bond motifs is 1. The molecule has 0 saturated carbocycles. The van der Waals surface area contributed by atoms with Gasteiger partial charge in [-0.05, 0) is 37.3 Å². The Morgan fingerprint density at radius 3 is 2.61 bits per heavy atom. The number of nitrogens with zero attached hydrogens (tertiary/aromatic N) is 3. The molecule has 1 atom stereocenters. The average Bonchev–Trinajstić information content (AvgIpc) is 3.04. The lowest BCUT2D eigenvalue weighted by Crippen LogP contribution is -2.38. The minimum Gasteiger partial charge on any atom is -0.325 e. The SMILES string of the molecule is C[C@@H](NCc1nnc2c(Cl)cc(C(F)(F)F)cn12)C(=O)Nc1ccc(Br)cc1. The van der Waals surface area contributed by atoms with Crippen LogP contribution in [0, 0.1) is 0 Å². The predicted molar refractivity (Wildman–Crippen MR) is 102 cm³/mol. The van der Waals surface area contributed by atoms with Crippen molar-refractivity contribution in [2.45, 2.75) is 25.7 Å². The molecule has 0 spiro atoms. The highest BCUT2D eigenvalue weighted by atomic mass is 79.9. The van der Waals surface area contributed by atoms with Gasteiger partial charge in [0.25, 0.3) is 0 Å². The molecule has 2 N–H and O–H groups in total. The molecule has 6 nitrogen and oxygen atoms in total. The highest BCUT2D eigenvalue weighted by Crippen LogP contribution is 2.32. The van der Waals surface area contributed by atoms with Gasteiger partial charge in [-0.15, -0.1) is 10.2 Å². The second kappa shape index (κ2) is 8.06. The maximum Gasteiger partial charge on any atom is 0.417 e. The van der Waals surface area contributed by atoms with Crippen LogP contribution in [0.2, 0.25) is 5.02 Å². The van der Waals surface area contributed by atoms with Crippen LogP contribution in [0.3, 0.4) is 0 Å². The van der Waals surface area contributed by atoms with E-state index in [2.05, 4.69) is 36.8 Å². The fourth-order valence-electron chi connectivity index (χ4n) is 2.40. The maximum atomic E-state index is 13.0. The quantitative estimate of drug-likeness (QED) is 0.577. The normalized spacial score (nSPS) is 12.9. The van der Waals surface area contributed by atoms with E-state index in [1.807, 2.05) is 0 Å². The lowest BCUT2D eigenvalue weighted by Gasteiger charge is -2.14. The van der Waals surface area contributed by atoms with E-state index in [0.717, 1.165) is 21.1 Å². The van der Waals surface area contributed by atoms with Crippen molar-refractivity contribution in [2.75, 3.05) is 5.32 Å². The molecule has 2 heterocycles. The third kappa shape index (κ3) is 4.62. The lowest BCUT2D eigenvalue weighted by molar-refractivity contribution is -0.137. The largest absolute Gasteiger partial charge is 0.417 e. The molecule has 1 amide bonds. The third-order valence-corrected chi connectivity index (χ3v) is 4.74. The summed E-state index contributed by atoms with van der Waals surface area (Å²) in [6.07, 6.45) is -3.67. The molecular weight excluding hydrogens is 463 g/mol. The number of carbonyl (C=O) groups is 1. The first-order chi connectivity index (χ1) is 13.1. The summed E-state index contributed by atoms with van der Waals surface area (Å²) in [7, 11) is 0. The van der Waals surface area contributed by atoms with Crippen molar-refractivity contribution in [1.82, 2.24) is 19.9 Å². The van der Waals surface area contributed by atoms with Crippen LogP contribution < -0.4 is 10.6 Å². The Kier molecular flexibility index (Phi) is 5.92. The minimum atomic E-state index is -4.55. The molecule has 0 unspecified atom stereocenters. The van der Waals surface area contributed by atoms with E-state index >= 15 is 0 Å². The van der Waals surface area contributed by atoms with Crippen LogP contribution >= 0.6 is 27.5 Å². The van der Waals surface area contributed by atoms with Gasteiger partial charge >= 0.3 is 6.18 Å². The minimum absolute atomic E-state index is 0.0216. The van der Waals surface area contributed by atoms with Gasteiger partial charge in [-0.2, -0.15) is 13.2 Å². The highest BCUT2D eigenvalue weighted by Gasteiger charge is 2.32. The average molecular weight is 477 g/mol. The van der Waals surface area contributed by atoms with Crippen LogP contribution in [-0.4, -0.2) is 26.5 Å². The van der Waals surface area contributed by atoms with E-state index in [1.165, 1.54) is 0 Å². The molecule has 0 aliphatic carbocycles. The van der Waals surface area contributed by atoms with E-state index < -0.39 is 17.8 Å². The topological polar surface area (TPSA) is 71.3 Å². The van der Waals surface area contributed by atoms with Gasteiger partial charge < -0.3 is 5.32 Å². The van der Waals surface area contributed by atoms with Gasteiger partial charge in [-0.3, -0.25) is 14.5 Å². The Morgan fingerprint density at radius 2 is 1.96 bits per heavy atom. The Bertz CT molecular complexity index is 1010. The number of hydrogen-bond acceptors (Lipinski definition) is 4. The monoisotopic (exact) mass is 475 g/mol. The Labute approximate surface area is 171 Å². The predicted octanol–water partition coefficient (Wildman–Crippen LogP) is 4.28. The van der Waals surface area contributed by atoms with Crippen molar-refractivity contribution in [3.05, 3.63) is 57.4 Å². The molecule has 1 aromatic carbocycles. The Balaban J connectivity index is 1.71. The number of anilines is 1. The van der Waals surface area contributed by atoms with Crippen LogP contribution in [0.5, 0.6) is 0 Å². The van der Waals surface area contributed by atoms with Crippen LogP contribution in [0.15, 0.2) is 41.0 Å². The van der Waals surface area contributed by atoms with Crippen LogP contribution in [-0.2, 0) is 17.5 Å². The first kappa shape index (κ1) is 20.6. The van der Waals surface area contributed by atoms with Crippen molar-refractivity contribution >= 4 is 44.8 Å². The zero-order valence-corrected chi connectivity index (χ0v) is 16.7. The van der Waals surface area contributed by atoms with Gasteiger partial charge in [0, 0.05) is 16.4 Å². The zero-order valence-electron chi connectivity index (χ0n) is 14.4. The molecule has 2 aromatic heterocycles. The summed E-state index contributed by atoms with van der Waals surface area (Å²) in [4.78, 5) is 12.3. The van der Waals surface area contributed by atoms with Gasteiger partial charge in [0.05, 0.1) is 23.2 Å². The molecule has 3 rings (SSSR count). The standard InChI is InChI=1S/C17H14BrClF3N5O/c1-9(16(28)24-12-4-2-11(18)3-5-12)23-7-14-25-26-15-13(19)6-10(8-27(14)15)17(20,21)22/h2-6,8-9,23H,7H2,1H3,(H,24,28)/t9-/m1/s1. The van der Waals surface area contributed by atoms with Crippen molar-refractivity contribution in [1.29, 1.82) is 0 Å². The molecule has 0 aliphatic heterocycles. The second-order valence-corrected chi connectivity index (χ2v) is 7.31. The molecule has 0 aliphatic rings. The number of aromatic nitrogens is 3. The number of halogens is 5. The second-order valence-electron chi connectivity index (χ2n) is 5.98. The van der Waals surface area contributed by atoms with Crippen LogP contribution in [0.1, 0.15) is 18.3 Å². The van der Waals surface area contributed by atoms with Gasteiger partial charge in [0.15, 0.2) is 11.5 Å². The Hall–Kier alpha value is -2.17. The van der Waals surface area contributed by atoms with Crippen molar-refractivity contribution in [3.8, 4) is 0 Å². The highest BCUT2D eigenvalue weighted by molar-refractivity contribution is 9.10. The molecule has 11 heteroatoms. The zero-order chi connectivity index (χ0) is 20.5. The van der Waals surface area contributed by atoms with E-state index in [-0.39, 0.29) is 28.9 Å². The number of nitrogens with one attached hydrogen (secondary N) is 2. The van der Waals surface area contributed by atoms with Gasteiger partial charge in [0.1, 0.15) is 0 Å². The fraction of sp³-hybridized carbons (Fsp3) is 0.235. The van der Waals surface area contributed by atoms with Gasteiger partial charge in [-0.25, -0.2) is 0 Å². The number of rotatable bonds is 5. The summed E-state index contributed by atoms with van der Waals surface area (Å²) in [5, 5.41) is 13.2. The molecule has 0 bridgehead atoms. The summed E-state index contributed by atoms with van der Waals surface area (Å²) in [6, 6.07) is 7.23. The van der Waals surface area contributed by atoms with E-state index in [0.29, 0.717) is 5.69 Å². The van der Waals surface area contributed by atoms with Gasteiger partial charge in [0.2, 0.25) is 5.91 Å². The van der Waals surface area contributed by atoms with Crippen LogP contribution in [0.4, 0.5) is 18.9 Å². The smallest absolute Gasteiger partial charge is 0.325 e. The summed E-state index contributed by atoms with van der Waals surface area (Å²) in [5.41, 5.74) is -0.179. The van der Waals surface area contributed by atoms with Crippen molar-refractivity contribution in [2.24, 2.45) is 0 Å². The number of carbonyl (C=O) groups excluding carboxylic acids is 1. The maximum absolute atomic E-state index is 13.0. The summed E-state index contributed by atoms with van der Waals surface area (Å²) in [5.74, 6) is -0.101. The molecular formula is C17H14BrClF3N5O. The van der Waals surface area contributed by atoms with Crippen LogP contribution in [0.25, 0.3) is 5.65 Å². The molecule has 3 aromatic rings. The molecule has 0 radical (unpaired) electrons. The van der Waals surface area contributed by atoms with E-state index in [1.54, 1.807) is 31.2 Å². The Morgan fingerprint density at radius 1 is 1.29 bits per heavy atom. The first-order valence-electron chi connectivity index (χ1n) is 8.05. The number of alkyl halides is 3.